The molecule has 0 radical (unpaired) electrons. The molecule has 3 nitrogen and oxygen atoms in total. The molecule has 4 heteroatoms. The van der Waals surface area contributed by atoms with Crippen molar-refractivity contribution in [3.63, 3.8) is 0 Å². The Morgan fingerprint density at radius 2 is 1.92 bits per heavy atom. The largest absolute Gasteiger partial charge is 0.327 e. The van der Waals surface area contributed by atoms with Gasteiger partial charge in [0, 0.05) is 26.2 Å². The molecule has 70 valence electrons. The van der Waals surface area contributed by atoms with Crippen LogP contribution in [-0.4, -0.2) is 47.9 Å². The zero-order valence-electron chi connectivity index (χ0n) is 7.42. The van der Waals surface area contributed by atoms with Crippen molar-refractivity contribution in [1.29, 1.82) is 0 Å². The number of amides is 1. The van der Waals surface area contributed by atoms with Crippen molar-refractivity contribution in [3.05, 3.63) is 0 Å². The first kappa shape index (κ1) is 9.81. The highest BCUT2D eigenvalue weighted by Gasteiger charge is 2.18. The molecular formula is C8H15ClN2O. The number of hydrogen-bond donors (Lipinski definition) is 0. The van der Waals surface area contributed by atoms with Crippen LogP contribution in [-0.2, 0) is 0 Å². The molecule has 1 rings (SSSR count). The first-order chi connectivity index (χ1) is 5.74. The topological polar surface area (TPSA) is 23.6 Å². The standard InChI is InChI=1S/C8H15ClN2O/c1-2-3-10-4-6-11(7-5-10)8(9)12/h2-7H2,1H3. The third kappa shape index (κ3) is 2.64. The molecular weight excluding hydrogens is 176 g/mol. The maximum atomic E-state index is 10.7. The van der Waals surface area contributed by atoms with Crippen molar-refractivity contribution >= 4 is 17.0 Å². The molecule has 1 aliphatic heterocycles. The summed E-state index contributed by atoms with van der Waals surface area (Å²) in [4.78, 5) is 14.8. The highest BCUT2D eigenvalue weighted by atomic mass is 35.5. The van der Waals surface area contributed by atoms with Crippen LogP contribution in [0.1, 0.15) is 13.3 Å². The fraction of sp³-hybridized carbons (Fsp3) is 0.875. The van der Waals surface area contributed by atoms with Crippen LogP contribution < -0.4 is 0 Å². The number of halogens is 1. The molecule has 0 spiro atoms. The molecule has 0 saturated carbocycles. The molecule has 0 bridgehead atoms. The fourth-order valence-corrected chi connectivity index (χ4v) is 1.63. The maximum Gasteiger partial charge on any atom is 0.316 e. The zero-order chi connectivity index (χ0) is 8.97. The lowest BCUT2D eigenvalue weighted by Gasteiger charge is -2.33. The Bertz CT molecular complexity index is 155. The lowest BCUT2D eigenvalue weighted by Crippen LogP contribution is -2.47. The van der Waals surface area contributed by atoms with Gasteiger partial charge in [0.25, 0.3) is 0 Å². The van der Waals surface area contributed by atoms with Crippen LogP contribution in [0.2, 0.25) is 0 Å². The van der Waals surface area contributed by atoms with Crippen molar-refractivity contribution in [2.75, 3.05) is 32.7 Å². The smallest absolute Gasteiger partial charge is 0.316 e. The normalized spacial score (nSPS) is 19.7. The summed E-state index contributed by atoms with van der Waals surface area (Å²) < 4.78 is 0. The Morgan fingerprint density at radius 3 is 2.33 bits per heavy atom. The van der Waals surface area contributed by atoms with E-state index in [1.54, 1.807) is 4.90 Å². The predicted octanol–water partition coefficient (Wildman–Crippen LogP) is 1.37. The summed E-state index contributed by atoms with van der Waals surface area (Å²) in [6.45, 7) is 6.78. The SMILES string of the molecule is CCCN1CCN(C(=O)Cl)CC1. The monoisotopic (exact) mass is 190 g/mol. The summed E-state index contributed by atoms with van der Waals surface area (Å²) in [6, 6.07) is 0. The van der Waals surface area contributed by atoms with E-state index in [2.05, 4.69) is 11.8 Å². The number of carbonyl (C=O) groups excluding carboxylic acids is 1. The van der Waals surface area contributed by atoms with E-state index in [0.29, 0.717) is 0 Å². The third-order valence-electron chi connectivity index (χ3n) is 2.16. The van der Waals surface area contributed by atoms with Crippen LogP contribution in [0.25, 0.3) is 0 Å². The van der Waals surface area contributed by atoms with E-state index in [9.17, 15) is 4.79 Å². The molecule has 0 aliphatic carbocycles. The second kappa shape index (κ2) is 4.67. The first-order valence-electron chi connectivity index (χ1n) is 4.40. The highest BCUT2D eigenvalue weighted by Crippen LogP contribution is 2.04. The van der Waals surface area contributed by atoms with Crippen LogP contribution >= 0.6 is 11.6 Å². The van der Waals surface area contributed by atoms with E-state index in [4.69, 9.17) is 11.6 Å². The molecule has 0 aromatic heterocycles. The summed E-state index contributed by atoms with van der Waals surface area (Å²) in [5.74, 6) is 0. The predicted molar refractivity (Wildman–Crippen MR) is 49.6 cm³/mol. The van der Waals surface area contributed by atoms with Gasteiger partial charge in [0.1, 0.15) is 0 Å². The van der Waals surface area contributed by atoms with E-state index >= 15 is 0 Å². The second-order valence-corrected chi connectivity index (χ2v) is 3.40. The van der Waals surface area contributed by atoms with Gasteiger partial charge in [-0.2, -0.15) is 0 Å². The molecule has 1 saturated heterocycles. The Hall–Kier alpha value is -0.280. The second-order valence-electron chi connectivity index (χ2n) is 3.08. The minimum atomic E-state index is -0.314. The molecule has 1 fully saturated rings. The van der Waals surface area contributed by atoms with Gasteiger partial charge in [-0.25, -0.2) is 0 Å². The molecule has 0 atom stereocenters. The van der Waals surface area contributed by atoms with E-state index in [-0.39, 0.29) is 5.37 Å². The van der Waals surface area contributed by atoms with E-state index < -0.39 is 0 Å². The number of piperazine rings is 1. The quantitative estimate of drug-likeness (QED) is 0.485. The molecule has 12 heavy (non-hydrogen) atoms. The summed E-state index contributed by atoms with van der Waals surface area (Å²) in [7, 11) is 0. The van der Waals surface area contributed by atoms with Crippen LogP contribution in [0.4, 0.5) is 4.79 Å². The zero-order valence-corrected chi connectivity index (χ0v) is 8.18. The van der Waals surface area contributed by atoms with Crippen LogP contribution in [0.15, 0.2) is 0 Å². The van der Waals surface area contributed by atoms with Crippen molar-refractivity contribution in [2.45, 2.75) is 13.3 Å². The summed E-state index contributed by atoms with van der Waals surface area (Å²) in [5.41, 5.74) is 0. The van der Waals surface area contributed by atoms with Crippen LogP contribution in [0.3, 0.4) is 0 Å². The maximum absolute atomic E-state index is 10.7. The van der Waals surface area contributed by atoms with Crippen LogP contribution in [0.5, 0.6) is 0 Å². The Balaban J connectivity index is 2.25. The summed E-state index contributed by atoms with van der Waals surface area (Å²) in [5, 5.41) is -0.314. The number of carbonyl (C=O) groups is 1. The molecule has 0 aromatic rings. The van der Waals surface area contributed by atoms with Gasteiger partial charge >= 0.3 is 5.37 Å². The van der Waals surface area contributed by atoms with Gasteiger partial charge < -0.3 is 4.90 Å². The van der Waals surface area contributed by atoms with Gasteiger partial charge in [0.15, 0.2) is 0 Å². The van der Waals surface area contributed by atoms with Gasteiger partial charge in [0.2, 0.25) is 0 Å². The van der Waals surface area contributed by atoms with E-state index in [1.807, 2.05) is 0 Å². The molecule has 1 amide bonds. The average Bonchev–Trinajstić information content (AvgIpc) is 2.06. The molecule has 1 heterocycles. The van der Waals surface area contributed by atoms with Gasteiger partial charge in [-0.3, -0.25) is 9.69 Å². The van der Waals surface area contributed by atoms with E-state index in [0.717, 1.165) is 32.7 Å². The lowest BCUT2D eigenvalue weighted by atomic mass is 10.3. The minimum absolute atomic E-state index is 0.314. The number of hydrogen-bond acceptors (Lipinski definition) is 2. The lowest BCUT2D eigenvalue weighted by molar-refractivity contribution is 0.153. The Labute approximate surface area is 78.3 Å². The van der Waals surface area contributed by atoms with Gasteiger partial charge in [-0.15, -0.1) is 0 Å². The molecule has 0 aromatic carbocycles. The van der Waals surface area contributed by atoms with Crippen molar-refractivity contribution in [3.8, 4) is 0 Å². The summed E-state index contributed by atoms with van der Waals surface area (Å²) >= 11 is 5.35. The highest BCUT2D eigenvalue weighted by molar-refractivity contribution is 6.62. The molecule has 0 unspecified atom stereocenters. The number of nitrogens with zero attached hydrogens (tertiary/aromatic N) is 2. The van der Waals surface area contributed by atoms with Gasteiger partial charge in [-0.1, -0.05) is 6.92 Å². The fourth-order valence-electron chi connectivity index (χ4n) is 1.46. The Morgan fingerprint density at radius 1 is 1.33 bits per heavy atom. The molecule has 1 aliphatic rings. The van der Waals surface area contributed by atoms with Gasteiger partial charge in [-0.05, 0) is 24.6 Å². The van der Waals surface area contributed by atoms with Crippen molar-refractivity contribution < 1.29 is 4.79 Å². The van der Waals surface area contributed by atoms with Gasteiger partial charge in [0.05, 0.1) is 0 Å². The molecule has 0 N–H and O–H groups in total. The third-order valence-corrected chi connectivity index (χ3v) is 2.40. The minimum Gasteiger partial charge on any atom is -0.327 e. The first-order valence-corrected chi connectivity index (χ1v) is 4.78. The summed E-state index contributed by atoms with van der Waals surface area (Å²) in [6.07, 6.45) is 1.18. The Kier molecular flexibility index (Phi) is 3.82. The van der Waals surface area contributed by atoms with Crippen molar-refractivity contribution in [1.82, 2.24) is 9.80 Å². The van der Waals surface area contributed by atoms with Crippen LogP contribution in [0, 0.1) is 0 Å². The van der Waals surface area contributed by atoms with Crippen molar-refractivity contribution in [2.24, 2.45) is 0 Å². The average molecular weight is 191 g/mol. The number of rotatable bonds is 2. The van der Waals surface area contributed by atoms with E-state index in [1.165, 1.54) is 6.42 Å².